The molecule has 0 radical (unpaired) electrons. The van der Waals surface area contributed by atoms with Crippen LogP contribution in [0.3, 0.4) is 0 Å². The maximum absolute atomic E-state index is 13.1. The number of amides is 4. The monoisotopic (exact) mass is 572 g/mol. The number of nitrogens with zero attached hydrogens (tertiary/aromatic N) is 2. The first-order chi connectivity index (χ1) is 18.4. The summed E-state index contributed by atoms with van der Waals surface area (Å²) in [4.78, 5) is 64.9. The Bertz CT molecular complexity index is 1080. The van der Waals surface area contributed by atoms with Gasteiger partial charge in [-0.05, 0) is 26.8 Å². The van der Waals surface area contributed by atoms with Crippen LogP contribution in [0.15, 0.2) is 10.6 Å². The van der Waals surface area contributed by atoms with Gasteiger partial charge in [-0.3, -0.25) is 19.2 Å². The molecule has 4 heterocycles. The van der Waals surface area contributed by atoms with E-state index < -0.39 is 48.3 Å². The number of likely N-dealkylation sites (tertiary alicyclic amines) is 1. The van der Waals surface area contributed by atoms with Crippen LogP contribution in [0.5, 0.6) is 0 Å². The highest BCUT2D eigenvalue weighted by atomic mass is 32.2. The van der Waals surface area contributed by atoms with Crippen LogP contribution in [0.1, 0.15) is 26.7 Å². The van der Waals surface area contributed by atoms with Gasteiger partial charge in [0.15, 0.2) is 0 Å². The number of aliphatic carboxylic acids is 1. The number of hydrogen-bond donors (Lipinski definition) is 5. The van der Waals surface area contributed by atoms with Gasteiger partial charge in [-0.15, -0.1) is 11.8 Å². The number of thioether (sulfide) groups is 1. The summed E-state index contributed by atoms with van der Waals surface area (Å²) >= 11 is 1.32. The molecule has 0 aliphatic carbocycles. The summed E-state index contributed by atoms with van der Waals surface area (Å²) in [6.07, 6.45) is -2.09. The summed E-state index contributed by atoms with van der Waals surface area (Å²) in [6.45, 7) is 4.87. The lowest BCUT2D eigenvalue weighted by molar-refractivity contribution is -0.159. The van der Waals surface area contributed by atoms with Crippen molar-refractivity contribution in [1.29, 1.82) is 0 Å². The number of nitrogens with one attached hydrogen (secondary N) is 4. The molecule has 5 N–H and O–H groups in total. The SMILES string of the molecule is CNCC(=O)NC1CCN(C(=O)[C@@H]2C[C@H](SC3=C(C(=O)O)N4C(=O)[C@H]([C@@H](C)NC(=O)C(F)F)[C@H]4[C@H]3C)CN2)C1. The van der Waals surface area contributed by atoms with Crippen LogP contribution >= 0.6 is 11.8 Å². The number of likely N-dealkylation sites (N-methyl/N-ethyl adjacent to an activating group) is 1. The second-order valence-electron chi connectivity index (χ2n) is 10.4. The first-order valence-corrected chi connectivity index (χ1v) is 13.8. The topological polar surface area (TPSA) is 160 Å². The number of carbonyl (C=O) groups is 5. The van der Waals surface area contributed by atoms with Gasteiger partial charge in [0.25, 0.3) is 5.91 Å². The average Bonchev–Trinajstić information content (AvgIpc) is 3.57. The lowest BCUT2D eigenvalue weighted by Crippen LogP contribution is -2.66. The fourth-order valence-electron chi connectivity index (χ4n) is 5.97. The number of alkyl halides is 2. The Hall–Kier alpha value is -2.78. The van der Waals surface area contributed by atoms with Crippen molar-refractivity contribution in [1.82, 2.24) is 31.1 Å². The third-order valence-corrected chi connectivity index (χ3v) is 9.29. The van der Waals surface area contributed by atoms with Gasteiger partial charge in [-0.25, -0.2) is 4.79 Å². The number of carbonyl (C=O) groups excluding carboxylic acids is 4. The number of hydrogen-bond acceptors (Lipinski definition) is 8. The van der Waals surface area contributed by atoms with Crippen molar-refractivity contribution in [3.63, 3.8) is 0 Å². The molecule has 4 aliphatic rings. The zero-order chi connectivity index (χ0) is 28.6. The smallest absolute Gasteiger partial charge is 0.353 e. The quantitative estimate of drug-likeness (QED) is 0.205. The fraction of sp³-hybridized carbons (Fsp3) is 0.708. The van der Waals surface area contributed by atoms with E-state index in [0.717, 1.165) is 0 Å². The molecule has 15 heteroatoms. The van der Waals surface area contributed by atoms with Crippen LogP contribution in [0.25, 0.3) is 0 Å². The lowest BCUT2D eigenvalue weighted by atomic mass is 9.78. The van der Waals surface area contributed by atoms with E-state index in [1.165, 1.54) is 23.6 Å². The number of rotatable bonds is 10. The molecule has 0 spiro atoms. The number of β-lactam (4-membered cyclic amide) rings is 1. The van der Waals surface area contributed by atoms with Crippen molar-refractivity contribution < 1.29 is 37.9 Å². The number of halogens is 2. The molecular formula is C24H34F2N6O6S. The van der Waals surface area contributed by atoms with Gasteiger partial charge in [-0.1, -0.05) is 6.92 Å². The predicted molar refractivity (Wildman–Crippen MR) is 136 cm³/mol. The fourth-order valence-corrected chi connectivity index (χ4v) is 7.45. The molecule has 0 bridgehead atoms. The minimum absolute atomic E-state index is 0.0713. The molecule has 39 heavy (non-hydrogen) atoms. The molecule has 0 saturated carbocycles. The Labute approximate surface area is 228 Å². The molecule has 0 aromatic rings. The van der Waals surface area contributed by atoms with E-state index in [2.05, 4.69) is 21.3 Å². The van der Waals surface area contributed by atoms with Crippen molar-refractivity contribution in [3.05, 3.63) is 10.6 Å². The number of carboxylic acid groups (broad SMARTS) is 1. The highest BCUT2D eigenvalue weighted by Crippen LogP contribution is 2.51. The van der Waals surface area contributed by atoms with Gasteiger partial charge >= 0.3 is 12.4 Å². The molecule has 4 amide bonds. The van der Waals surface area contributed by atoms with Gasteiger partial charge in [0.1, 0.15) is 5.70 Å². The molecule has 12 nitrogen and oxygen atoms in total. The summed E-state index contributed by atoms with van der Waals surface area (Å²) in [5.41, 5.74) is -0.124. The number of carboxylic acids is 1. The Kier molecular flexibility index (Phi) is 8.81. The van der Waals surface area contributed by atoms with Gasteiger partial charge in [0, 0.05) is 47.8 Å². The summed E-state index contributed by atoms with van der Waals surface area (Å²) in [6, 6.07) is -2.00. The minimum atomic E-state index is -3.22. The minimum Gasteiger partial charge on any atom is -0.477 e. The maximum atomic E-state index is 13.1. The normalized spacial score (nSPS) is 30.9. The second-order valence-corrected chi connectivity index (χ2v) is 11.8. The van der Waals surface area contributed by atoms with Crippen LogP contribution in [0.2, 0.25) is 0 Å². The highest BCUT2D eigenvalue weighted by molar-refractivity contribution is 8.03. The molecule has 0 aromatic heterocycles. The zero-order valence-electron chi connectivity index (χ0n) is 21.9. The molecule has 4 aliphatic heterocycles. The Morgan fingerprint density at radius 1 is 1.26 bits per heavy atom. The van der Waals surface area contributed by atoms with Gasteiger partial charge in [0.2, 0.25) is 17.7 Å². The van der Waals surface area contributed by atoms with Crippen LogP contribution in [-0.4, -0.2) is 114 Å². The highest BCUT2D eigenvalue weighted by Gasteiger charge is 2.60. The average molecular weight is 573 g/mol. The molecule has 7 atom stereocenters. The van der Waals surface area contributed by atoms with E-state index in [1.54, 1.807) is 18.9 Å². The van der Waals surface area contributed by atoms with E-state index in [-0.39, 0.29) is 41.3 Å². The predicted octanol–water partition coefficient (Wildman–Crippen LogP) is -1.07. The zero-order valence-corrected chi connectivity index (χ0v) is 22.7. The molecule has 3 saturated heterocycles. The van der Waals surface area contributed by atoms with E-state index in [9.17, 15) is 37.9 Å². The molecule has 0 aromatic carbocycles. The van der Waals surface area contributed by atoms with Crippen molar-refractivity contribution in [2.24, 2.45) is 11.8 Å². The van der Waals surface area contributed by atoms with Gasteiger partial charge in [0.05, 0.1) is 24.5 Å². The second kappa shape index (κ2) is 11.8. The molecule has 216 valence electrons. The summed E-state index contributed by atoms with van der Waals surface area (Å²) < 4.78 is 25.4. The van der Waals surface area contributed by atoms with Crippen LogP contribution in [-0.2, 0) is 24.0 Å². The van der Waals surface area contributed by atoms with Gasteiger partial charge < -0.3 is 36.2 Å². The lowest BCUT2D eigenvalue weighted by Gasteiger charge is -2.47. The Morgan fingerprint density at radius 2 is 1.97 bits per heavy atom. The Balaban J connectivity index is 1.37. The van der Waals surface area contributed by atoms with E-state index in [4.69, 9.17) is 0 Å². The van der Waals surface area contributed by atoms with Crippen molar-refractivity contribution >= 4 is 41.4 Å². The first kappa shape index (κ1) is 29.2. The maximum Gasteiger partial charge on any atom is 0.353 e. The number of fused-ring (bicyclic) bond motifs is 1. The molecular weight excluding hydrogens is 538 g/mol. The van der Waals surface area contributed by atoms with Crippen molar-refractivity contribution in [3.8, 4) is 0 Å². The Morgan fingerprint density at radius 3 is 2.62 bits per heavy atom. The third kappa shape index (κ3) is 5.75. The summed E-state index contributed by atoms with van der Waals surface area (Å²) in [5.74, 6) is -4.66. The van der Waals surface area contributed by atoms with Crippen LogP contribution in [0.4, 0.5) is 8.78 Å². The van der Waals surface area contributed by atoms with E-state index in [0.29, 0.717) is 37.4 Å². The molecule has 1 unspecified atom stereocenters. The standard InChI is InChI=1S/C24H34F2N6O6S/c1-10-17-16(11(2)29-21(34)20(25)26)23(36)32(17)18(24(37)38)19(10)39-13-6-14(28-7-13)22(35)31-5-4-12(9-31)30-15(33)8-27-3/h10-14,16-17,20,27-28H,4-9H2,1-3H3,(H,29,34)(H,30,33)(H,37,38)/t10-,11-,12?,13+,14+,16-,17-/m1/s1. The largest absolute Gasteiger partial charge is 0.477 e. The van der Waals surface area contributed by atoms with Gasteiger partial charge in [-0.2, -0.15) is 8.78 Å². The van der Waals surface area contributed by atoms with E-state index >= 15 is 0 Å². The molecule has 3 fully saturated rings. The summed E-state index contributed by atoms with van der Waals surface area (Å²) in [5, 5.41) is 20.9. The van der Waals surface area contributed by atoms with E-state index in [1.807, 2.05) is 0 Å². The van der Waals surface area contributed by atoms with Crippen molar-refractivity contribution in [2.75, 3.05) is 33.2 Å². The third-order valence-electron chi connectivity index (χ3n) is 7.78. The van der Waals surface area contributed by atoms with Crippen LogP contribution in [0, 0.1) is 11.8 Å². The molecule has 4 rings (SSSR count). The first-order valence-electron chi connectivity index (χ1n) is 13.0. The van der Waals surface area contributed by atoms with Crippen LogP contribution < -0.4 is 21.3 Å². The van der Waals surface area contributed by atoms with Crippen molar-refractivity contribution in [2.45, 2.75) is 62.5 Å². The summed E-state index contributed by atoms with van der Waals surface area (Å²) in [7, 11) is 1.68.